The van der Waals surface area contributed by atoms with Gasteiger partial charge in [0, 0.05) is 5.56 Å². The first-order valence-corrected chi connectivity index (χ1v) is 6.02. The Kier molecular flexibility index (Phi) is 4.02. The Labute approximate surface area is 111 Å². The number of amides is 1. The molecule has 0 radical (unpaired) electrons. The molecule has 0 unspecified atom stereocenters. The normalized spacial score (nSPS) is 10.2. The van der Waals surface area contributed by atoms with E-state index in [4.69, 9.17) is 0 Å². The number of nitrogens with zero attached hydrogens (tertiary/aromatic N) is 4. The van der Waals surface area contributed by atoms with Crippen LogP contribution in [0.15, 0.2) is 36.9 Å². The highest BCUT2D eigenvalue weighted by Gasteiger charge is 2.09. The van der Waals surface area contributed by atoms with E-state index in [2.05, 4.69) is 34.2 Å². The second-order valence-corrected chi connectivity index (χ2v) is 3.96. The molecule has 6 nitrogen and oxygen atoms in total. The molecule has 0 aliphatic carbocycles. The molecular weight excluding hydrogens is 242 g/mol. The fourth-order valence-electron chi connectivity index (χ4n) is 1.55. The fourth-order valence-corrected chi connectivity index (χ4v) is 1.55. The van der Waals surface area contributed by atoms with Crippen LogP contribution < -0.4 is 5.32 Å². The molecule has 6 heteroatoms. The Morgan fingerprint density at radius 2 is 2.16 bits per heavy atom. The predicted molar refractivity (Wildman–Crippen MR) is 71.8 cm³/mol. The van der Waals surface area contributed by atoms with Crippen LogP contribution in [0, 0.1) is 0 Å². The Bertz CT molecular complexity index is 573. The van der Waals surface area contributed by atoms with E-state index in [1.54, 1.807) is 18.2 Å². The Balaban J connectivity index is 2.04. The van der Waals surface area contributed by atoms with Crippen molar-refractivity contribution in [3.05, 3.63) is 48.0 Å². The molecule has 0 atom stereocenters. The lowest BCUT2D eigenvalue weighted by Gasteiger charge is -2.01. The van der Waals surface area contributed by atoms with Gasteiger partial charge < -0.3 is 0 Å². The highest BCUT2D eigenvalue weighted by molar-refractivity contribution is 6.03. The van der Waals surface area contributed by atoms with Crippen LogP contribution in [0.1, 0.15) is 22.8 Å². The van der Waals surface area contributed by atoms with Crippen LogP contribution in [-0.2, 0) is 13.0 Å². The third-order valence-corrected chi connectivity index (χ3v) is 2.59. The number of nitrogens with one attached hydrogen (secondary N) is 1. The third kappa shape index (κ3) is 3.25. The number of carbonyl (C=O) groups is 1. The minimum Gasteiger partial charge on any atom is -0.288 e. The van der Waals surface area contributed by atoms with E-state index in [1.807, 2.05) is 12.1 Å². The van der Waals surface area contributed by atoms with Crippen LogP contribution in [0.5, 0.6) is 0 Å². The van der Waals surface area contributed by atoms with Crippen molar-refractivity contribution < 1.29 is 4.79 Å². The van der Waals surface area contributed by atoms with Crippen LogP contribution in [0.25, 0.3) is 0 Å². The van der Waals surface area contributed by atoms with Crippen molar-refractivity contribution in [3.8, 4) is 0 Å². The lowest BCUT2D eigenvalue weighted by Crippen LogP contribution is -2.13. The van der Waals surface area contributed by atoms with Gasteiger partial charge in [0.2, 0.25) is 0 Å². The lowest BCUT2D eigenvalue weighted by molar-refractivity contribution is 0.102. The monoisotopic (exact) mass is 257 g/mol. The predicted octanol–water partition coefficient (Wildman–Crippen LogP) is 1.67. The zero-order valence-electron chi connectivity index (χ0n) is 10.7. The standard InChI is InChI=1S/C13H15N5O/c1-3-9-18-16-13(15-17-18)14-12(19)11-7-5-10(4-2)6-8-11/h3,5-8H,1,4,9H2,2H3,(H,14,16,19). The number of tetrazole rings is 1. The number of allylic oxidation sites excluding steroid dienone is 1. The van der Waals surface area contributed by atoms with Gasteiger partial charge >= 0.3 is 0 Å². The van der Waals surface area contributed by atoms with Gasteiger partial charge in [-0.05, 0) is 29.3 Å². The van der Waals surface area contributed by atoms with Crippen molar-refractivity contribution >= 4 is 11.9 Å². The van der Waals surface area contributed by atoms with Crippen molar-refractivity contribution in [2.75, 3.05) is 5.32 Å². The maximum absolute atomic E-state index is 11.9. The number of benzene rings is 1. The summed E-state index contributed by atoms with van der Waals surface area (Å²) in [5.74, 6) is -0.0628. The van der Waals surface area contributed by atoms with Crippen LogP contribution in [0.4, 0.5) is 5.95 Å². The van der Waals surface area contributed by atoms with Gasteiger partial charge in [0.15, 0.2) is 0 Å². The third-order valence-electron chi connectivity index (χ3n) is 2.59. The second-order valence-electron chi connectivity index (χ2n) is 3.96. The fraction of sp³-hybridized carbons (Fsp3) is 0.231. The summed E-state index contributed by atoms with van der Waals surface area (Å²) in [6, 6.07) is 7.42. The van der Waals surface area contributed by atoms with E-state index in [0.29, 0.717) is 12.1 Å². The SMILES string of the molecule is C=CCn1nnc(NC(=O)c2ccc(CC)cc2)n1. The van der Waals surface area contributed by atoms with E-state index >= 15 is 0 Å². The van der Waals surface area contributed by atoms with Crippen LogP contribution >= 0.6 is 0 Å². The largest absolute Gasteiger partial charge is 0.288 e. The number of hydrogen-bond donors (Lipinski definition) is 1. The zero-order chi connectivity index (χ0) is 13.7. The molecule has 0 saturated heterocycles. The molecule has 0 spiro atoms. The summed E-state index contributed by atoms with van der Waals surface area (Å²) in [7, 11) is 0. The quantitative estimate of drug-likeness (QED) is 0.827. The molecular formula is C13H15N5O. The van der Waals surface area contributed by atoms with Crippen LogP contribution in [0.2, 0.25) is 0 Å². The summed E-state index contributed by atoms with van der Waals surface area (Å²) >= 11 is 0. The molecule has 2 aromatic rings. The number of hydrogen-bond acceptors (Lipinski definition) is 4. The first kappa shape index (κ1) is 12.9. The Hall–Kier alpha value is -2.50. The summed E-state index contributed by atoms with van der Waals surface area (Å²) in [6.07, 6.45) is 2.59. The van der Waals surface area contributed by atoms with Gasteiger partial charge in [-0.15, -0.1) is 11.7 Å². The summed E-state index contributed by atoms with van der Waals surface area (Å²) in [5.41, 5.74) is 1.75. The molecule has 0 aliphatic heterocycles. The minimum absolute atomic E-state index is 0.186. The van der Waals surface area contributed by atoms with Crippen LogP contribution in [-0.4, -0.2) is 26.1 Å². The molecule has 1 N–H and O–H groups in total. The maximum Gasteiger partial charge on any atom is 0.270 e. The van der Waals surface area contributed by atoms with Gasteiger partial charge in [-0.3, -0.25) is 10.1 Å². The average Bonchev–Trinajstić information content (AvgIpc) is 2.86. The molecule has 1 aromatic carbocycles. The van der Waals surface area contributed by atoms with Crippen molar-refractivity contribution in [2.24, 2.45) is 0 Å². The zero-order valence-corrected chi connectivity index (χ0v) is 10.7. The number of aromatic nitrogens is 4. The van der Waals surface area contributed by atoms with Crippen molar-refractivity contribution in [1.82, 2.24) is 20.2 Å². The molecule has 0 fully saturated rings. The van der Waals surface area contributed by atoms with Gasteiger partial charge in [-0.1, -0.05) is 30.2 Å². The minimum atomic E-state index is -0.249. The van der Waals surface area contributed by atoms with E-state index in [-0.39, 0.29) is 11.9 Å². The topological polar surface area (TPSA) is 72.7 Å². The molecule has 1 heterocycles. The number of aryl methyl sites for hydroxylation is 1. The van der Waals surface area contributed by atoms with E-state index in [9.17, 15) is 4.79 Å². The van der Waals surface area contributed by atoms with Gasteiger partial charge in [-0.2, -0.15) is 4.80 Å². The highest BCUT2D eigenvalue weighted by Crippen LogP contribution is 2.07. The molecule has 1 amide bonds. The number of anilines is 1. The molecule has 2 rings (SSSR count). The van der Waals surface area contributed by atoms with Crippen molar-refractivity contribution in [3.63, 3.8) is 0 Å². The Morgan fingerprint density at radius 3 is 2.79 bits per heavy atom. The summed E-state index contributed by atoms with van der Waals surface area (Å²) in [5, 5.41) is 14.1. The van der Waals surface area contributed by atoms with Crippen molar-refractivity contribution in [1.29, 1.82) is 0 Å². The molecule has 98 valence electrons. The summed E-state index contributed by atoms with van der Waals surface area (Å²) in [4.78, 5) is 13.3. The van der Waals surface area contributed by atoms with Crippen molar-refractivity contribution in [2.45, 2.75) is 19.9 Å². The number of carbonyl (C=O) groups excluding carboxylic acids is 1. The Morgan fingerprint density at radius 1 is 1.42 bits per heavy atom. The molecule has 0 bridgehead atoms. The van der Waals surface area contributed by atoms with E-state index in [0.717, 1.165) is 6.42 Å². The van der Waals surface area contributed by atoms with E-state index < -0.39 is 0 Å². The second kappa shape index (κ2) is 5.90. The van der Waals surface area contributed by atoms with Gasteiger partial charge in [-0.25, -0.2) is 0 Å². The first-order valence-electron chi connectivity index (χ1n) is 6.02. The molecule has 1 aromatic heterocycles. The lowest BCUT2D eigenvalue weighted by atomic mass is 10.1. The first-order chi connectivity index (χ1) is 9.22. The van der Waals surface area contributed by atoms with Gasteiger partial charge in [0.1, 0.15) is 0 Å². The van der Waals surface area contributed by atoms with Gasteiger partial charge in [0.25, 0.3) is 11.9 Å². The van der Waals surface area contributed by atoms with Gasteiger partial charge in [0.05, 0.1) is 6.54 Å². The average molecular weight is 257 g/mol. The number of rotatable bonds is 5. The highest BCUT2D eigenvalue weighted by atomic mass is 16.1. The molecule has 19 heavy (non-hydrogen) atoms. The van der Waals surface area contributed by atoms with Crippen LogP contribution in [0.3, 0.4) is 0 Å². The summed E-state index contributed by atoms with van der Waals surface area (Å²) in [6.45, 7) is 6.09. The summed E-state index contributed by atoms with van der Waals surface area (Å²) < 4.78 is 0. The molecule has 0 saturated carbocycles. The molecule has 0 aliphatic rings. The maximum atomic E-state index is 11.9. The smallest absolute Gasteiger partial charge is 0.270 e. The van der Waals surface area contributed by atoms with E-state index in [1.165, 1.54) is 10.4 Å².